The monoisotopic (exact) mass is 360 g/mol. The molecule has 0 aliphatic heterocycles. The predicted molar refractivity (Wildman–Crippen MR) is 102 cm³/mol. The Morgan fingerprint density at radius 2 is 1.77 bits per heavy atom. The van der Waals surface area contributed by atoms with E-state index in [2.05, 4.69) is 19.2 Å². The third kappa shape index (κ3) is 6.70. The number of benzene rings is 1. The second-order valence-corrected chi connectivity index (χ2v) is 6.01. The van der Waals surface area contributed by atoms with Crippen molar-refractivity contribution in [1.82, 2.24) is 10.2 Å². The molecule has 1 N–H and O–H groups in total. The zero-order valence-electron chi connectivity index (χ0n) is 16.0. The first-order valence-corrected chi connectivity index (χ1v) is 8.81. The number of ether oxygens (including phenoxy) is 1. The third-order valence-corrected chi connectivity index (χ3v) is 4.31. The summed E-state index contributed by atoms with van der Waals surface area (Å²) in [5.41, 5.74) is 1.35. The molecule has 0 heterocycles. The van der Waals surface area contributed by atoms with Crippen LogP contribution < -0.4 is 5.32 Å². The molecule has 0 atom stereocenters. The maximum atomic E-state index is 12.5. The van der Waals surface area contributed by atoms with Crippen LogP contribution in [0.4, 0.5) is 0 Å². The van der Waals surface area contributed by atoms with Crippen LogP contribution in [0.3, 0.4) is 0 Å². The average molecular weight is 360 g/mol. The molecule has 26 heavy (non-hydrogen) atoms. The Morgan fingerprint density at radius 3 is 2.27 bits per heavy atom. The van der Waals surface area contributed by atoms with Gasteiger partial charge in [0.2, 0.25) is 5.91 Å². The van der Waals surface area contributed by atoms with Crippen LogP contribution >= 0.6 is 0 Å². The second kappa shape index (κ2) is 11.1. The first-order chi connectivity index (χ1) is 12.4. The Morgan fingerprint density at radius 1 is 1.15 bits per heavy atom. The highest BCUT2D eigenvalue weighted by molar-refractivity contribution is 5.95. The van der Waals surface area contributed by atoms with Crippen molar-refractivity contribution in [3.8, 4) is 0 Å². The van der Waals surface area contributed by atoms with Gasteiger partial charge in [0.1, 0.15) is 6.54 Å². The summed E-state index contributed by atoms with van der Waals surface area (Å²) in [6.45, 7) is 4.59. The Bertz CT molecular complexity index is 634. The van der Waals surface area contributed by atoms with Gasteiger partial charge in [-0.25, -0.2) is 0 Å². The minimum absolute atomic E-state index is 0.0637. The molecule has 0 aromatic heterocycles. The number of amides is 2. The fraction of sp³-hybridized carbons (Fsp3) is 0.450. The first kappa shape index (κ1) is 21.4. The van der Waals surface area contributed by atoms with Crippen LogP contribution in [0.5, 0.6) is 0 Å². The number of hydrogen-bond acceptors (Lipinski definition) is 4. The SMILES string of the molecule is CCC(CC)CN(CC(=O)OC)C(=O)/C=C/c1ccc(C(=O)NC)cc1. The smallest absolute Gasteiger partial charge is 0.325 e. The lowest BCUT2D eigenvalue weighted by Crippen LogP contribution is -2.38. The molecule has 0 fully saturated rings. The molecule has 0 radical (unpaired) electrons. The number of carbonyl (C=O) groups excluding carboxylic acids is 3. The Kier molecular flexibility index (Phi) is 9.12. The minimum Gasteiger partial charge on any atom is -0.468 e. The van der Waals surface area contributed by atoms with Crippen LogP contribution in [0.2, 0.25) is 0 Å². The van der Waals surface area contributed by atoms with Crippen LogP contribution in [0, 0.1) is 5.92 Å². The van der Waals surface area contributed by atoms with E-state index in [0.717, 1.165) is 18.4 Å². The van der Waals surface area contributed by atoms with Gasteiger partial charge in [-0.05, 0) is 29.7 Å². The van der Waals surface area contributed by atoms with E-state index in [1.165, 1.54) is 18.1 Å². The van der Waals surface area contributed by atoms with Gasteiger partial charge < -0.3 is 15.0 Å². The van der Waals surface area contributed by atoms with Crippen molar-refractivity contribution in [1.29, 1.82) is 0 Å². The highest BCUT2D eigenvalue weighted by Crippen LogP contribution is 2.12. The van der Waals surface area contributed by atoms with Crippen molar-refractivity contribution < 1.29 is 19.1 Å². The quantitative estimate of drug-likeness (QED) is 0.542. The van der Waals surface area contributed by atoms with E-state index in [9.17, 15) is 14.4 Å². The molecule has 1 aromatic carbocycles. The topological polar surface area (TPSA) is 75.7 Å². The van der Waals surface area contributed by atoms with Crippen molar-refractivity contribution in [3.05, 3.63) is 41.5 Å². The summed E-state index contributed by atoms with van der Waals surface area (Å²) in [5.74, 6) is -0.500. The highest BCUT2D eigenvalue weighted by atomic mass is 16.5. The fourth-order valence-electron chi connectivity index (χ4n) is 2.47. The normalized spacial score (nSPS) is 10.8. The number of rotatable bonds is 9. The summed E-state index contributed by atoms with van der Waals surface area (Å²) >= 11 is 0. The summed E-state index contributed by atoms with van der Waals surface area (Å²) in [6.07, 6.45) is 4.99. The maximum Gasteiger partial charge on any atom is 0.325 e. The molecular weight excluding hydrogens is 332 g/mol. The molecule has 0 saturated carbocycles. The van der Waals surface area contributed by atoms with Gasteiger partial charge in [-0.2, -0.15) is 0 Å². The predicted octanol–water partition coefficient (Wildman–Crippen LogP) is 2.50. The van der Waals surface area contributed by atoms with E-state index in [4.69, 9.17) is 4.74 Å². The lowest BCUT2D eigenvalue weighted by molar-refractivity contribution is -0.145. The van der Waals surface area contributed by atoms with E-state index in [0.29, 0.717) is 18.0 Å². The van der Waals surface area contributed by atoms with Crippen LogP contribution in [0.15, 0.2) is 30.3 Å². The van der Waals surface area contributed by atoms with Crippen molar-refractivity contribution >= 4 is 23.9 Å². The number of hydrogen-bond donors (Lipinski definition) is 1. The summed E-state index contributed by atoms with van der Waals surface area (Å²) < 4.78 is 4.69. The molecule has 1 aromatic rings. The standard InChI is InChI=1S/C20H28N2O4/c1-5-15(6-2)13-22(14-19(24)26-4)18(23)12-9-16-7-10-17(11-8-16)20(25)21-3/h7-12,15H,5-6,13-14H2,1-4H3,(H,21,25)/b12-9+. The zero-order valence-corrected chi connectivity index (χ0v) is 16.0. The van der Waals surface area contributed by atoms with E-state index in [-0.39, 0.29) is 18.4 Å². The van der Waals surface area contributed by atoms with Gasteiger partial charge in [0.25, 0.3) is 5.91 Å². The Balaban J connectivity index is 2.84. The van der Waals surface area contributed by atoms with Crippen LogP contribution in [0.1, 0.15) is 42.6 Å². The van der Waals surface area contributed by atoms with E-state index in [1.807, 2.05) is 0 Å². The maximum absolute atomic E-state index is 12.5. The summed E-state index contributed by atoms with van der Waals surface area (Å²) in [6, 6.07) is 6.92. The molecule has 0 aliphatic rings. The molecule has 6 nitrogen and oxygen atoms in total. The van der Waals surface area contributed by atoms with Crippen LogP contribution in [0.25, 0.3) is 6.08 Å². The van der Waals surface area contributed by atoms with Crippen LogP contribution in [-0.2, 0) is 14.3 Å². The number of methoxy groups -OCH3 is 1. The Labute approximate surface area is 155 Å². The molecule has 0 saturated heterocycles. The summed E-state index contributed by atoms with van der Waals surface area (Å²) in [7, 11) is 2.89. The van der Waals surface area contributed by atoms with Gasteiger partial charge in [-0.15, -0.1) is 0 Å². The zero-order chi connectivity index (χ0) is 19.5. The molecular formula is C20H28N2O4. The average Bonchev–Trinajstić information content (AvgIpc) is 2.68. The van der Waals surface area contributed by atoms with Crippen molar-refractivity contribution in [3.63, 3.8) is 0 Å². The highest BCUT2D eigenvalue weighted by Gasteiger charge is 2.18. The Hall–Kier alpha value is -2.63. The largest absolute Gasteiger partial charge is 0.468 e. The summed E-state index contributed by atoms with van der Waals surface area (Å²) in [5, 5.41) is 2.56. The number of carbonyl (C=O) groups is 3. The van der Waals surface area contributed by atoms with Gasteiger partial charge in [0.15, 0.2) is 0 Å². The molecule has 0 aliphatic carbocycles. The van der Waals surface area contributed by atoms with Gasteiger partial charge in [-0.1, -0.05) is 38.8 Å². The molecule has 0 bridgehead atoms. The van der Waals surface area contributed by atoms with Gasteiger partial charge in [-0.3, -0.25) is 14.4 Å². The number of nitrogens with zero attached hydrogens (tertiary/aromatic N) is 1. The molecule has 6 heteroatoms. The van der Waals surface area contributed by atoms with Crippen molar-refractivity contribution in [2.24, 2.45) is 5.92 Å². The van der Waals surface area contributed by atoms with E-state index in [1.54, 1.807) is 37.4 Å². The van der Waals surface area contributed by atoms with E-state index >= 15 is 0 Å². The van der Waals surface area contributed by atoms with Crippen molar-refractivity contribution in [2.45, 2.75) is 26.7 Å². The molecule has 0 spiro atoms. The van der Waals surface area contributed by atoms with E-state index < -0.39 is 5.97 Å². The van der Waals surface area contributed by atoms with Gasteiger partial charge >= 0.3 is 5.97 Å². The van der Waals surface area contributed by atoms with Crippen LogP contribution in [-0.4, -0.2) is 49.9 Å². The van der Waals surface area contributed by atoms with Crippen molar-refractivity contribution in [2.75, 3.05) is 27.2 Å². The lowest BCUT2D eigenvalue weighted by Gasteiger charge is -2.24. The first-order valence-electron chi connectivity index (χ1n) is 8.81. The molecule has 1 rings (SSSR count). The molecule has 0 unspecified atom stereocenters. The third-order valence-electron chi connectivity index (χ3n) is 4.31. The minimum atomic E-state index is -0.437. The number of nitrogens with one attached hydrogen (secondary N) is 1. The molecule has 142 valence electrons. The number of esters is 1. The molecule has 2 amide bonds. The lowest BCUT2D eigenvalue weighted by atomic mass is 10.0. The van der Waals surface area contributed by atoms with Gasteiger partial charge in [0.05, 0.1) is 7.11 Å². The second-order valence-electron chi connectivity index (χ2n) is 6.01. The fourth-order valence-corrected chi connectivity index (χ4v) is 2.47. The van der Waals surface area contributed by atoms with Gasteiger partial charge in [0, 0.05) is 25.2 Å². The summed E-state index contributed by atoms with van der Waals surface area (Å²) in [4.78, 5) is 37.2.